The van der Waals surface area contributed by atoms with Gasteiger partial charge in [-0.3, -0.25) is 0 Å². The first-order valence-corrected chi connectivity index (χ1v) is 5.78. The molecular weight excluding hydrogens is 272 g/mol. The standard InChI is InChI=1S/C10H9BrN4O/c11-8-3-6-1-2-16-10(6)7(4-8)5-9-12-14-15-13-9/h3-4H,1-2,5H2,(H,12,13,14,15). The Bertz CT molecular complexity index is 512. The van der Waals surface area contributed by atoms with Crippen LogP contribution in [0.15, 0.2) is 16.6 Å². The first-order valence-electron chi connectivity index (χ1n) is 4.99. The van der Waals surface area contributed by atoms with E-state index in [1.807, 2.05) is 6.07 Å². The first kappa shape index (κ1) is 9.77. The Morgan fingerprint density at radius 2 is 2.38 bits per heavy atom. The van der Waals surface area contributed by atoms with Crippen LogP contribution < -0.4 is 4.74 Å². The van der Waals surface area contributed by atoms with E-state index in [0.29, 0.717) is 12.2 Å². The maximum Gasteiger partial charge on any atom is 0.179 e. The molecule has 82 valence electrons. The van der Waals surface area contributed by atoms with Crippen molar-refractivity contribution in [3.63, 3.8) is 0 Å². The normalized spacial score (nSPS) is 13.6. The van der Waals surface area contributed by atoms with Crippen molar-refractivity contribution in [1.29, 1.82) is 0 Å². The Balaban J connectivity index is 2.00. The molecule has 0 saturated carbocycles. The molecule has 2 aromatic rings. The van der Waals surface area contributed by atoms with Crippen molar-refractivity contribution >= 4 is 15.9 Å². The average molecular weight is 281 g/mol. The van der Waals surface area contributed by atoms with Crippen LogP contribution in [0.3, 0.4) is 0 Å². The third kappa shape index (κ3) is 1.69. The summed E-state index contributed by atoms with van der Waals surface area (Å²) in [6.45, 7) is 0.755. The highest BCUT2D eigenvalue weighted by Crippen LogP contribution is 2.33. The molecule has 1 N–H and O–H groups in total. The van der Waals surface area contributed by atoms with E-state index in [2.05, 4.69) is 42.6 Å². The molecule has 0 unspecified atom stereocenters. The second-order valence-electron chi connectivity index (χ2n) is 3.66. The number of aromatic amines is 1. The van der Waals surface area contributed by atoms with Gasteiger partial charge >= 0.3 is 0 Å². The highest BCUT2D eigenvalue weighted by atomic mass is 79.9. The van der Waals surface area contributed by atoms with Crippen molar-refractivity contribution in [1.82, 2.24) is 20.6 Å². The number of ether oxygens (including phenoxy) is 1. The molecule has 0 aliphatic carbocycles. The molecule has 0 saturated heterocycles. The Kier molecular flexibility index (Phi) is 2.36. The summed E-state index contributed by atoms with van der Waals surface area (Å²) >= 11 is 3.50. The van der Waals surface area contributed by atoms with E-state index in [1.165, 1.54) is 5.56 Å². The summed E-state index contributed by atoms with van der Waals surface area (Å²) in [7, 11) is 0. The number of hydrogen-bond donors (Lipinski definition) is 1. The molecule has 16 heavy (non-hydrogen) atoms. The number of nitrogens with one attached hydrogen (secondary N) is 1. The molecule has 0 radical (unpaired) electrons. The molecule has 0 bridgehead atoms. The zero-order valence-corrected chi connectivity index (χ0v) is 9.99. The maximum atomic E-state index is 5.63. The number of rotatable bonds is 2. The number of hydrogen-bond acceptors (Lipinski definition) is 4. The van der Waals surface area contributed by atoms with Crippen molar-refractivity contribution in [3.05, 3.63) is 33.6 Å². The zero-order valence-electron chi connectivity index (χ0n) is 8.40. The maximum absolute atomic E-state index is 5.63. The van der Waals surface area contributed by atoms with Crippen molar-refractivity contribution < 1.29 is 4.74 Å². The van der Waals surface area contributed by atoms with Gasteiger partial charge in [0.05, 0.1) is 6.61 Å². The lowest BCUT2D eigenvalue weighted by atomic mass is 10.1. The molecule has 0 spiro atoms. The molecule has 2 heterocycles. The minimum atomic E-state index is 0.637. The summed E-state index contributed by atoms with van der Waals surface area (Å²) in [5, 5.41) is 13.9. The van der Waals surface area contributed by atoms with Crippen LogP contribution in [0.4, 0.5) is 0 Å². The Morgan fingerprint density at radius 3 is 3.19 bits per heavy atom. The van der Waals surface area contributed by atoms with Gasteiger partial charge in [-0.2, -0.15) is 5.21 Å². The molecule has 5 nitrogen and oxygen atoms in total. The molecule has 1 aromatic carbocycles. The Hall–Kier alpha value is -1.43. The quantitative estimate of drug-likeness (QED) is 0.905. The number of benzene rings is 1. The van der Waals surface area contributed by atoms with E-state index >= 15 is 0 Å². The molecular formula is C10H9BrN4O. The predicted octanol–water partition coefficient (Wildman–Crippen LogP) is 1.49. The van der Waals surface area contributed by atoms with Crippen LogP contribution in [0.5, 0.6) is 5.75 Å². The van der Waals surface area contributed by atoms with Crippen molar-refractivity contribution in [2.24, 2.45) is 0 Å². The largest absolute Gasteiger partial charge is 0.493 e. The van der Waals surface area contributed by atoms with E-state index in [4.69, 9.17) is 4.74 Å². The van der Waals surface area contributed by atoms with Gasteiger partial charge in [0.2, 0.25) is 0 Å². The van der Waals surface area contributed by atoms with E-state index in [9.17, 15) is 0 Å². The highest BCUT2D eigenvalue weighted by Gasteiger charge is 2.18. The summed E-state index contributed by atoms with van der Waals surface area (Å²) < 4.78 is 6.69. The Labute approximate surface area is 100 Å². The second kappa shape index (κ2) is 3.86. The topological polar surface area (TPSA) is 63.7 Å². The number of H-pyrrole nitrogens is 1. The lowest BCUT2D eigenvalue weighted by molar-refractivity contribution is 0.354. The van der Waals surface area contributed by atoms with Crippen LogP contribution in [0.2, 0.25) is 0 Å². The minimum Gasteiger partial charge on any atom is -0.493 e. The van der Waals surface area contributed by atoms with E-state index < -0.39 is 0 Å². The van der Waals surface area contributed by atoms with Crippen LogP contribution in [0, 0.1) is 0 Å². The van der Waals surface area contributed by atoms with Gasteiger partial charge in [0.25, 0.3) is 0 Å². The molecule has 0 atom stereocenters. The molecule has 1 aliphatic rings. The minimum absolute atomic E-state index is 0.637. The predicted molar refractivity (Wildman–Crippen MR) is 60.3 cm³/mol. The van der Waals surface area contributed by atoms with Crippen LogP contribution in [-0.2, 0) is 12.8 Å². The molecule has 1 aromatic heterocycles. The number of aromatic nitrogens is 4. The van der Waals surface area contributed by atoms with Gasteiger partial charge in [0.1, 0.15) is 5.75 Å². The summed E-state index contributed by atoms with van der Waals surface area (Å²) in [5.41, 5.74) is 2.34. The van der Waals surface area contributed by atoms with Gasteiger partial charge in [-0.25, -0.2) is 0 Å². The fraction of sp³-hybridized carbons (Fsp3) is 0.300. The fourth-order valence-corrected chi connectivity index (χ4v) is 2.46. The smallest absolute Gasteiger partial charge is 0.179 e. The first-order chi connectivity index (χ1) is 7.83. The fourth-order valence-electron chi connectivity index (χ4n) is 1.91. The van der Waals surface area contributed by atoms with Crippen molar-refractivity contribution in [2.75, 3.05) is 6.61 Å². The second-order valence-corrected chi connectivity index (χ2v) is 4.57. The van der Waals surface area contributed by atoms with Crippen LogP contribution in [0.1, 0.15) is 17.0 Å². The lowest BCUT2D eigenvalue weighted by Crippen LogP contribution is -1.95. The highest BCUT2D eigenvalue weighted by molar-refractivity contribution is 9.10. The summed E-state index contributed by atoms with van der Waals surface area (Å²) in [6.07, 6.45) is 1.60. The van der Waals surface area contributed by atoms with Crippen LogP contribution in [-0.4, -0.2) is 27.2 Å². The number of halogens is 1. The van der Waals surface area contributed by atoms with Gasteiger partial charge in [-0.15, -0.1) is 10.2 Å². The molecule has 0 amide bonds. The van der Waals surface area contributed by atoms with Crippen molar-refractivity contribution in [3.8, 4) is 5.75 Å². The van der Waals surface area contributed by atoms with Gasteiger partial charge in [0, 0.05) is 22.9 Å². The lowest BCUT2D eigenvalue weighted by Gasteiger charge is -2.06. The molecule has 6 heteroatoms. The van der Waals surface area contributed by atoms with Crippen molar-refractivity contribution in [2.45, 2.75) is 12.8 Å². The van der Waals surface area contributed by atoms with Gasteiger partial charge in [0.15, 0.2) is 5.82 Å². The van der Waals surface area contributed by atoms with E-state index in [0.717, 1.165) is 28.8 Å². The number of fused-ring (bicyclic) bond motifs is 1. The third-order valence-corrected chi connectivity index (χ3v) is 3.02. The Morgan fingerprint density at radius 1 is 1.44 bits per heavy atom. The van der Waals surface area contributed by atoms with E-state index in [1.54, 1.807) is 0 Å². The SMILES string of the molecule is Brc1cc2c(c(Cc3nn[nH]n3)c1)OCC2. The summed E-state index contributed by atoms with van der Waals surface area (Å²) in [6, 6.07) is 4.14. The van der Waals surface area contributed by atoms with Gasteiger partial charge < -0.3 is 4.74 Å². The summed E-state index contributed by atoms with van der Waals surface area (Å²) in [4.78, 5) is 0. The number of nitrogens with zero attached hydrogens (tertiary/aromatic N) is 3. The number of tetrazole rings is 1. The zero-order chi connectivity index (χ0) is 11.0. The van der Waals surface area contributed by atoms with E-state index in [-0.39, 0.29) is 0 Å². The average Bonchev–Trinajstić information content (AvgIpc) is 2.87. The summed E-state index contributed by atoms with van der Waals surface area (Å²) in [5.74, 6) is 1.66. The third-order valence-electron chi connectivity index (χ3n) is 2.56. The monoisotopic (exact) mass is 280 g/mol. The molecule has 3 rings (SSSR count). The van der Waals surface area contributed by atoms with Crippen LogP contribution >= 0.6 is 15.9 Å². The van der Waals surface area contributed by atoms with Crippen LogP contribution in [0.25, 0.3) is 0 Å². The van der Waals surface area contributed by atoms with Gasteiger partial charge in [-0.05, 0) is 17.7 Å². The molecule has 0 fully saturated rings. The molecule has 1 aliphatic heterocycles. The van der Waals surface area contributed by atoms with Gasteiger partial charge in [-0.1, -0.05) is 21.1 Å².